The van der Waals surface area contributed by atoms with Gasteiger partial charge in [-0.1, -0.05) is 57.3 Å². The van der Waals surface area contributed by atoms with Gasteiger partial charge in [0.25, 0.3) is 5.91 Å². The smallest absolute Gasteiger partial charge is 0.256 e. The lowest BCUT2D eigenvalue weighted by atomic mass is 10.1. The Morgan fingerprint density at radius 1 is 1.15 bits per heavy atom. The van der Waals surface area contributed by atoms with E-state index in [0.29, 0.717) is 22.2 Å². The second-order valence-corrected chi connectivity index (χ2v) is 6.12. The second-order valence-electron chi connectivity index (χ2n) is 4.39. The fourth-order valence-electron chi connectivity index (χ4n) is 1.87. The SMILES string of the molecule is CN(Cc1cccc(Br)c1)C(=O)c1c(Cl)cccc1Cl. The highest BCUT2D eigenvalue weighted by Gasteiger charge is 2.18. The summed E-state index contributed by atoms with van der Waals surface area (Å²) in [6.45, 7) is 0.486. The maximum Gasteiger partial charge on any atom is 0.256 e. The van der Waals surface area contributed by atoms with Crippen LogP contribution in [0.1, 0.15) is 15.9 Å². The van der Waals surface area contributed by atoms with Gasteiger partial charge in [0, 0.05) is 18.1 Å². The van der Waals surface area contributed by atoms with Gasteiger partial charge in [-0.05, 0) is 29.8 Å². The molecule has 0 spiro atoms. The predicted octanol–water partition coefficient (Wildman–Crippen LogP) is 5.03. The van der Waals surface area contributed by atoms with Gasteiger partial charge in [0.05, 0.1) is 15.6 Å². The van der Waals surface area contributed by atoms with E-state index in [2.05, 4.69) is 15.9 Å². The summed E-state index contributed by atoms with van der Waals surface area (Å²) >= 11 is 15.5. The molecular formula is C15H12BrCl2NO. The predicted molar refractivity (Wildman–Crippen MR) is 86.4 cm³/mol. The number of carbonyl (C=O) groups is 1. The van der Waals surface area contributed by atoms with Crippen LogP contribution in [0.4, 0.5) is 0 Å². The first-order valence-corrected chi connectivity index (χ1v) is 7.48. The molecule has 0 unspecified atom stereocenters. The van der Waals surface area contributed by atoms with Gasteiger partial charge in [0.1, 0.15) is 0 Å². The molecule has 0 aliphatic rings. The zero-order valence-electron chi connectivity index (χ0n) is 10.7. The Hall–Kier alpha value is -1.03. The van der Waals surface area contributed by atoms with E-state index in [1.165, 1.54) is 0 Å². The van der Waals surface area contributed by atoms with Crippen LogP contribution in [0, 0.1) is 0 Å². The minimum absolute atomic E-state index is 0.194. The van der Waals surface area contributed by atoms with E-state index in [4.69, 9.17) is 23.2 Å². The van der Waals surface area contributed by atoms with Gasteiger partial charge in [-0.25, -0.2) is 0 Å². The fourth-order valence-corrected chi connectivity index (χ4v) is 2.88. The maximum atomic E-state index is 12.4. The molecule has 5 heteroatoms. The van der Waals surface area contributed by atoms with E-state index in [1.807, 2.05) is 24.3 Å². The van der Waals surface area contributed by atoms with Gasteiger partial charge in [0.15, 0.2) is 0 Å². The van der Waals surface area contributed by atoms with E-state index in [1.54, 1.807) is 30.1 Å². The van der Waals surface area contributed by atoms with Crippen LogP contribution in [-0.4, -0.2) is 17.9 Å². The summed E-state index contributed by atoms with van der Waals surface area (Å²) < 4.78 is 0.978. The molecule has 0 aliphatic heterocycles. The number of hydrogen-bond acceptors (Lipinski definition) is 1. The van der Waals surface area contributed by atoms with Crippen LogP contribution < -0.4 is 0 Å². The third kappa shape index (κ3) is 3.54. The van der Waals surface area contributed by atoms with Crippen LogP contribution in [0.5, 0.6) is 0 Å². The summed E-state index contributed by atoms with van der Waals surface area (Å²) in [5.41, 5.74) is 1.37. The highest BCUT2D eigenvalue weighted by atomic mass is 79.9. The third-order valence-corrected chi connectivity index (χ3v) is 3.96. The lowest BCUT2D eigenvalue weighted by Crippen LogP contribution is -2.26. The maximum absolute atomic E-state index is 12.4. The summed E-state index contributed by atoms with van der Waals surface area (Å²) in [5, 5.41) is 0.729. The standard InChI is InChI=1S/C15H12BrCl2NO/c1-19(9-10-4-2-5-11(16)8-10)15(20)14-12(17)6-3-7-13(14)18/h2-8H,9H2,1H3. The van der Waals surface area contributed by atoms with Gasteiger partial charge in [-0.2, -0.15) is 0 Å². The zero-order valence-corrected chi connectivity index (χ0v) is 13.8. The Morgan fingerprint density at radius 2 is 1.75 bits per heavy atom. The van der Waals surface area contributed by atoms with Crippen molar-refractivity contribution in [2.75, 3.05) is 7.05 Å². The first kappa shape index (κ1) is 15.4. The minimum atomic E-state index is -0.194. The van der Waals surface area contributed by atoms with Crippen LogP contribution in [0.15, 0.2) is 46.9 Å². The minimum Gasteiger partial charge on any atom is -0.337 e. The van der Waals surface area contributed by atoms with Crippen molar-refractivity contribution in [1.29, 1.82) is 0 Å². The third-order valence-electron chi connectivity index (χ3n) is 2.83. The molecule has 104 valence electrons. The molecule has 2 nitrogen and oxygen atoms in total. The molecule has 0 bridgehead atoms. The molecule has 2 aromatic carbocycles. The molecule has 0 aromatic heterocycles. The van der Waals surface area contributed by atoms with Crippen molar-refractivity contribution < 1.29 is 4.79 Å². The highest BCUT2D eigenvalue weighted by Crippen LogP contribution is 2.26. The lowest BCUT2D eigenvalue weighted by molar-refractivity contribution is 0.0785. The summed E-state index contributed by atoms with van der Waals surface area (Å²) in [6.07, 6.45) is 0. The molecule has 0 fully saturated rings. The van der Waals surface area contributed by atoms with Crippen LogP contribution in [-0.2, 0) is 6.54 Å². The lowest BCUT2D eigenvalue weighted by Gasteiger charge is -2.19. The molecule has 0 aliphatic carbocycles. The number of nitrogens with zero attached hydrogens (tertiary/aromatic N) is 1. The second kappa shape index (κ2) is 6.61. The topological polar surface area (TPSA) is 20.3 Å². The Labute approximate surface area is 136 Å². The van der Waals surface area contributed by atoms with Crippen molar-refractivity contribution >= 4 is 45.0 Å². The van der Waals surface area contributed by atoms with Crippen molar-refractivity contribution in [3.63, 3.8) is 0 Å². The first-order chi connectivity index (χ1) is 9.49. The van der Waals surface area contributed by atoms with Crippen LogP contribution in [0.3, 0.4) is 0 Å². The Morgan fingerprint density at radius 3 is 2.35 bits per heavy atom. The Kier molecular flexibility index (Phi) is 5.08. The summed E-state index contributed by atoms with van der Waals surface area (Å²) in [7, 11) is 1.73. The molecule has 0 radical (unpaired) electrons. The number of amides is 1. The van der Waals surface area contributed by atoms with Gasteiger partial charge < -0.3 is 4.90 Å². The van der Waals surface area contributed by atoms with Gasteiger partial charge in [-0.3, -0.25) is 4.79 Å². The molecule has 0 saturated heterocycles. The quantitative estimate of drug-likeness (QED) is 0.739. The first-order valence-electron chi connectivity index (χ1n) is 5.93. The van der Waals surface area contributed by atoms with E-state index >= 15 is 0 Å². The Balaban J connectivity index is 2.21. The zero-order chi connectivity index (χ0) is 14.7. The molecule has 0 heterocycles. The monoisotopic (exact) mass is 371 g/mol. The van der Waals surface area contributed by atoms with E-state index in [0.717, 1.165) is 10.0 Å². The van der Waals surface area contributed by atoms with Gasteiger partial charge in [0.2, 0.25) is 0 Å². The number of carbonyl (C=O) groups excluding carboxylic acids is 1. The van der Waals surface area contributed by atoms with Crippen molar-refractivity contribution in [2.24, 2.45) is 0 Å². The average molecular weight is 373 g/mol. The highest BCUT2D eigenvalue weighted by molar-refractivity contribution is 9.10. The average Bonchev–Trinajstić information content (AvgIpc) is 2.38. The number of benzene rings is 2. The molecule has 0 N–H and O–H groups in total. The van der Waals surface area contributed by atoms with Crippen LogP contribution in [0.2, 0.25) is 10.0 Å². The molecule has 2 aromatic rings. The van der Waals surface area contributed by atoms with Gasteiger partial charge >= 0.3 is 0 Å². The van der Waals surface area contributed by atoms with Crippen molar-refractivity contribution in [3.05, 3.63) is 68.1 Å². The number of halogens is 3. The molecular weight excluding hydrogens is 361 g/mol. The molecule has 2 rings (SSSR count). The van der Waals surface area contributed by atoms with Crippen molar-refractivity contribution in [3.8, 4) is 0 Å². The number of hydrogen-bond donors (Lipinski definition) is 0. The number of rotatable bonds is 3. The molecule has 1 amide bonds. The van der Waals surface area contributed by atoms with Crippen molar-refractivity contribution in [2.45, 2.75) is 6.54 Å². The van der Waals surface area contributed by atoms with Crippen LogP contribution >= 0.6 is 39.1 Å². The van der Waals surface area contributed by atoms with Crippen molar-refractivity contribution in [1.82, 2.24) is 4.90 Å². The molecule has 20 heavy (non-hydrogen) atoms. The van der Waals surface area contributed by atoms with E-state index in [9.17, 15) is 4.79 Å². The molecule has 0 atom stereocenters. The van der Waals surface area contributed by atoms with E-state index < -0.39 is 0 Å². The Bertz CT molecular complexity index is 625. The summed E-state index contributed by atoms with van der Waals surface area (Å²) in [5.74, 6) is -0.194. The fraction of sp³-hybridized carbons (Fsp3) is 0.133. The largest absolute Gasteiger partial charge is 0.337 e. The van der Waals surface area contributed by atoms with Crippen LogP contribution in [0.25, 0.3) is 0 Å². The summed E-state index contributed by atoms with van der Waals surface area (Å²) in [6, 6.07) is 12.8. The molecule has 0 saturated carbocycles. The summed E-state index contributed by atoms with van der Waals surface area (Å²) in [4.78, 5) is 14.0. The normalized spacial score (nSPS) is 10.4. The van der Waals surface area contributed by atoms with E-state index in [-0.39, 0.29) is 5.91 Å². The van der Waals surface area contributed by atoms with Gasteiger partial charge in [-0.15, -0.1) is 0 Å².